The highest BCUT2D eigenvalue weighted by Crippen LogP contribution is 1.97. The Bertz CT molecular complexity index is 155. The van der Waals surface area contributed by atoms with Gasteiger partial charge in [-0.15, -0.1) is 0 Å². The molecule has 0 amide bonds. The van der Waals surface area contributed by atoms with Crippen LogP contribution in [0.15, 0.2) is 0 Å². The quantitative estimate of drug-likeness (QED) is 0.472. The molecule has 0 aromatic rings. The minimum absolute atomic E-state index is 0.278. The van der Waals surface area contributed by atoms with Crippen LogP contribution in [0.1, 0.15) is 39.5 Å². The van der Waals surface area contributed by atoms with Gasteiger partial charge in [-0.05, 0) is 19.9 Å². The second kappa shape index (κ2) is 9.58. The molecule has 0 aromatic heterocycles. The van der Waals surface area contributed by atoms with Crippen molar-refractivity contribution in [1.29, 1.82) is 0 Å². The second-order valence-corrected chi connectivity index (χ2v) is 3.98. The van der Waals surface area contributed by atoms with Crippen LogP contribution in [0.5, 0.6) is 0 Å². The Morgan fingerprint density at radius 2 is 2.14 bits per heavy atom. The summed E-state index contributed by atoms with van der Waals surface area (Å²) in [6.45, 7) is 5.42. The first-order chi connectivity index (χ1) is 6.66. The molecule has 1 N–H and O–H groups in total. The zero-order valence-corrected chi connectivity index (χ0v) is 9.77. The van der Waals surface area contributed by atoms with Crippen LogP contribution in [0.3, 0.4) is 0 Å². The third-order valence-electron chi connectivity index (χ3n) is 1.88. The Morgan fingerprint density at radius 3 is 2.71 bits per heavy atom. The molecule has 0 saturated carbocycles. The summed E-state index contributed by atoms with van der Waals surface area (Å²) in [6.07, 6.45) is 4.58. The molecule has 4 nitrogen and oxygen atoms in total. The highest BCUT2D eigenvalue weighted by Gasteiger charge is 2.00. The molecule has 0 aromatic carbocycles. The molecule has 0 bridgehead atoms. The summed E-state index contributed by atoms with van der Waals surface area (Å²) in [6, 6.07) is 0. The maximum atomic E-state index is 10.1. The van der Waals surface area contributed by atoms with E-state index in [-0.39, 0.29) is 6.10 Å². The molecule has 14 heavy (non-hydrogen) atoms. The van der Waals surface area contributed by atoms with Crippen molar-refractivity contribution in [3.8, 4) is 0 Å². The lowest BCUT2D eigenvalue weighted by atomic mass is 10.2. The summed E-state index contributed by atoms with van der Waals surface area (Å²) in [5.74, 6) is 0. The minimum atomic E-state index is -2.40. The summed E-state index contributed by atoms with van der Waals surface area (Å²) in [7, 11) is 0. The average molecular weight is 222 g/mol. The summed E-state index contributed by atoms with van der Waals surface area (Å²) >= 11 is -2.40. The standard InChI is InChI=1S/C9H21NO3S/c1-3-4-5-6-7-10-8-9(2)13-14(11)12/h9-10H,3-8H2,1-2H3,(H,11,12)/p-1. The van der Waals surface area contributed by atoms with Crippen LogP contribution in [-0.2, 0) is 15.5 Å². The van der Waals surface area contributed by atoms with Crippen molar-refractivity contribution in [2.45, 2.75) is 45.6 Å². The fourth-order valence-electron chi connectivity index (χ4n) is 1.15. The monoisotopic (exact) mass is 222 g/mol. The normalized spacial score (nSPS) is 15.4. The first-order valence-electron chi connectivity index (χ1n) is 5.14. The zero-order valence-electron chi connectivity index (χ0n) is 8.95. The van der Waals surface area contributed by atoms with E-state index < -0.39 is 11.4 Å². The maximum Gasteiger partial charge on any atom is 0.0845 e. The van der Waals surface area contributed by atoms with Crippen LogP contribution >= 0.6 is 0 Å². The SMILES string of the molecule is CCCCCCNCC(C)OS(=O)[O-]. The van der Waals surface area contributed by atoms with E-state index in [0.29, 0.717) is 6.54 Å². The molecule has 0 spiro atoms. The van der Waals surface area contributed by atoms with Crippen LogP contribution in [0.4, 0.5) is 0 Å². The Morgan fingerprint density at radius 1 is 1.43 bits per heavy atom. The van der Waals surface area contributed by atoms with Gasteiger partial charge in [0.25, 0.3) is 0 Å². The molecule has 5 heteroatoms. The van der Waals surface area contributed by atoms with E-state index in [0.717, 1.165) is 13.0 Å². The van der Waals surface area contributed by atoms with Gasteiger partial charge < -0.3 is 9.87 Å². The van der Waals surface area contributed by atoms with Gasteiger partial charge in [-0.1, -0.05) is 26.2 Å². The smallest absolute Gasteiger partial charge is 0.0845 e. The van der Waals surface area contributed by atoms with Crippen molar-refractivity contribution in [2.24, 2.45) is 0 Å². The van der Waals surface area contributed by atoms with Gasteiger partial charge in [-0.25, -0.2) is 4.21 Å². The Kier molecular flexibility index (Phi) is 9.60. The number of hydrogen-bond donors (Lipinski definition) is 1. The van der Waals surface area contributed by atoms with E-state index in [1.807, 2.05) is 0 Å². The summed E-state index contributed by atoms with van der Waals surface area (Å²) in [5.41, 5.74) is 0. The van der Waals surface area contributed by atoms with Crippen molar-refractivity contribution >= 4 is 11.4 Å². The third kappa shape index (κ3) is 10.1. The molecule has 0 radical (unpaired) electrons. The molecule has 0 heterocycles. The van der Waals surface area contributed by atoms with Crippen LogP contribution < -0.4 is 5.32 Å². The Balaban J connectivity index is 3.14. The lowest BCUT2D eigenvalue weighted by Gasteiger charge is -2.14. The zero-order chi connectivity index (χ0) is 10.8. The molecule has 0 rings (SSSR count). The topological polar surface area (TPSA) is 61.4 Å². The first-order valence-corrected chi connectivity index (χ1v) is 6.14. The summed E-state index contributed by atoms with van der Waals surface area (Å²) in [4.78, 5) is 0. The van der Waals surface area contributed by atoms with Gasteiger partial charge in [0.2, 0.25) is 0 Å². The highest BCUT2D eigenvalue weighted by atomic mass is 32.2. The second-order valence-electron chi connectivity index (χ2n) is 3.38. The molecule has 0 aliphatic rings. The largest absolute Gasteiger partial charge is 0.750 e. The molecule has 0 aliphatic carbocycles. The number of rotatable bonds is 9. The first kappa shape index (κ1) is 14.0. The third-order valence-corrected chi connectivity index (χ3v) is 2.37. The van der Waals surface area contributed by atoms with E-state index in [1.54, 1.807) is 6.92 Å². The van der Waals surface area contributed by atoms with Gasteiger partial charge in [0.15, 0.2) is 0 Å². The van der Waals surface area contributed by atoms with Gasteiger partial charge in [0, 0.05) is 6.54 Å². The van der Waals surface area contributed by atoms with Crippen LogP contribution in [0.25, 0.3) is 0 Å². The van der Waals surface area contributed by atoms with Gasteiger partial charge in [-0.3, -0.25) is 4.18 Å². The van der Waals surface area contributed by atoms with Crippen LogP contribution in [0, 0.1) is 0 Å². The molecule has 2 atom stereocenters. The van der Waals surface area contributed by atoms with Crippen LogP contribution in [-0.4, -0.2) is 28.0 Å². The molecule has 0 aliphatic heterocycles. The van der Waals surface area contributed by atoms with E-state index in [9.17, 15) is 8.76 Å². The van der Waals surface area contributed by atoms with Gasteiger partial charge in [0.05, 0.1) is 17.5 Å². The van der Waals surface area contributed by atoms with E-state index in [2.05, 4.69) is 16.4 Å². The maximum absolute atomic E-state index is 10.1. The van der Waals surface area contributed by atoms with Crippen molar-refractivity contribution in [3.05, 3.63) is 0 Å². The fraction of sp³-hybridized carbons (Fsp3) is 1.00. The predicted molar refractivity (Wildman–Crippen MR) is 56.5 cm³/mol. The number of hydrogen-bond acceptors (Lipinski definition) is 4. The van der Waals surface area contributed by atoms with Crippen molar-refractivity contribution in [3.63, 3.8) is 0 Å². The lowest BCUT2D eigenvalue weighted by Crippen LogP contribution is -2.28. The van der Waals surface area contributed by atoms with E-state index in [1.165, 1.54) is 19.3 Å². The molecule has 0 saturated heterocycles. The van der Waals surface area contributed by atoms with Crippen molar-refractivity contribution in [1.82, 2.24) is 5.32 Å². The summed E-state index contributed by atoms with van der Waals surface area (Å²) in [5, 5.41) is 3.15. The van der Waals surface area contributed by atoms with Gasteiger partial charge >= 0.3 is 0 Å². The van der Waals surface area contributed by atoms with Crippen LogP contribution in [0.2, 0.25) is 0 Å². The lowest BCUT2D eigenvalue weighted by molar-refractivity contribution is 0.215. The summed E-state index contributed by atoms with van der Waals surface area (Å²) < 4.78 is 24.8. The van der Waals surface area contributed by atoms with Gasteiger partial charge in [0.1, 0.15) is 0 Å². The Hall–Kier alpha value is 0.0300. The van der Waals surface area contributed by atoms with Crippen molar-refractivity contribution < 1.29 is 12.9 Å². The molecular formula is C9H20NO3S-. The molecule has 2 unspecified atom stereocenters. The fourth-order valence-corrected chi connectivity index (χ4v) is 1.49. The average Bonchev–Trinajstić information content (AvgIpc) is 2.10. The van der Waals surface area contributed by atoms with Gasteiger partial charge in [-0.2, -0.15) is 0 Å². The minimum Gasteiger partial charge on any atom is -0.750 e. The van der Waals surface area contributed by atoms with Crippen molar-refractivity contribution in [2.75, 3.05) is 13.1 Å². The van der Waals surface area contributed by atoms with E-state index in [4.69, 9.17) is 0 Å². The molecular weight excluding hydrogens is 202 g/mol. The van der Waals surface area contributed by atoms with E-state index >= 15 is 0 Å². The molecule has 0 fully saturated rings. The Labute approximate surface area is 88.9 Å². The highest BCUT2D eigenvalue weighted by molar-refractivity contribution is 7.74. The number of nitrogens with one attached hydrogen (secondary N) is 1. The predicted octanol–water partition coefficient (Wildman–Crippen LogP) is 1.36. The number of unbranched alkanes of at least 4 members (excludes halogenated alkanes) is 3. The molecule has 86 valence electrons.